The van der Waals surface area contributed by atoms with E-state index in [9.17, 15) is 22.0 Å². The van der Waals surface area contributed by atoms with E-state index in [4.69, 9.17) is 4.18 Å². The maximum Gasteiger partial charge on any atom is 0.339 e. The van der Waals surface area contributed by atoms with Gasteiger partial charge < -0.3 is 9.08 Å². The number of carbonyl (C=O) groups is 1. The standard InChI is InChI=1S/C24H23F2NO4S/c1-17(2)15-27(24(28)19-4-3-5-21(26)14-19)16-18-6-10-22(11-7-18)31-32(29,30)23-12-8-20(25)9-13-23/h3-14,17H,15-16H2,1-2H3. The average Bonchev–Trinajstić information content (AvgIpc) is 2.74. The molecule has 3 aromatic carbocycles. The molecule has 3 rings (SSSR count). The van der Waals surface area contributed by atoms with Gasteiger partial charge in [0, 0.05) is 18.7 Å². The Labute approximate surface area is 186 Å². The van der Waals surface area contributed by atoms with Gasteiger partial charge in [-0.2, -0.15) is 8.42 Å². The maximum atomic E-state index is 13.6. The van der Waals surface area contributed by atoms with Crippen LogP contribution in [0.3, 0.4) is 0 Å². The van der Waals surface area contributed by atoms with Crippen molar-refractivity contribution in [3.8, 4) is 5.75 Å². The zero-order chi connectivity index (χ0) is 23.3. The lowest BCUT2D eigenvalue weighted by Gasteiger charge is -2.25. The number of amides is 1. The van der Waals surface area contributed by atoms with Crippen LogP contribution in [0.2, 0.25) is 0 Å². The third-order valence-corrected chi connectivity index (χ3v) is 5.81. The summed E-state index contributed by atoms with van der Waals surface area (Å²) in [6.07, 6.45) is 0. The van der Waals surface area contributed by atoms with E-state index in [0.717, 1.165) is 29.8 Å². The second kappa shape index (κ2) is 9.91. The van der Waals surface area contributed by atoms with Crippen molar-refractivity contribution in [1.29, 1.82) is 0 Å². The predicted octanol–water partition coefficient (Wildman–Crippen LogP) is 5.03. The molecular formula is C24H23F2NO4S. The molecule has 1 amide bonds. The van der Waals surface area contributed by atoms with Gasteiger partial charge in [0.15, 0.2) is 0 Å². The van der Waals surface area contributed by atoms with E-state index in [1.165, 1.54) is 30.3 Å². The number of carbonyl (C=O) groups excluding carboxylic acids is 1. The summed E-state index contributed by atoms with van der Waals surface area (Å²) in [5, 5.41) is 0. The highest BCUT2D eigenvalue weighted by atomic mass is 32.2. The van der Waals surface area contributed by atoms with Crippen LogP contribution in [-0.2, 0) is 16.7 Å². The minimum absolute atomic E-state index is 0.0879. The van der Waals surface area contributed by atoms with Crippen molar-refractivity contribution in [2.45, 2.75) is 25.3 Å². The molecule has 0 saturated carbocycles. The van der Waals surface area contributed by atoms with Crippen molar-refractivity contribution in [3.05, 3.63) is 95.6 Å². The van der Waals surface area contributed by atoms with Crippen LogP contribution in [0, 0.1) is 17.6 Å². The number of hydrogen-bond donors (Lipinski definition) is 0. The monoisotopic (exact) mass is 459 g/mol. The first-order valence-corrected chi connectivity index (χ1v) is 11.4. The first-order chi connectivity index (χ1) is 15.1. The van der Waals surface area contributed by atoms with Gasteiger partial charge in [-0.3, -0.25) is 4.79 Å². The molecule has 0 aliphatic carbocycles. The molecule has 0 bridgehead atoms. The second-order valence-corrected chi connectivity index (χ2v) is 9.27. The summed E-state index contributed by atoms with van der Waals surface area (Å²) in [7, 11) is -4.10. The summed E-state index contributed by atoms with van der Waals surface area (Å²) in [6, 6.07) is 16.1. The molecule has 8 heteroatoms. The molecule has 0 saturated heterocycles. The van der Waals surface area contributed by atoms with Gasteiger partial charge in [0.25, 0.3) is 5.91 Å². The fourth-order valence-corrected chi connectivity index (χ4v) is 4.04. The first-order valence-electron chi connectivity index (χ1n) is 9.98. The summed E-state index contributed by atoms with van der Waals surface area (Å²) >= 11 is 0. The Hall–Kier alpha value is -3.26. The van der Waals surface area contributed by atoms with Gasteiger partial charge in [-0.15, -0.1) is 0 Å². The molecule has 3 aromatic rings. The molecule has 0 heterocycles. The normalized spacial score (nSPS) is 11.4. The summed E-state index contributed by atoms with van der Waals surface area (Å²) in [5.74, 6) is -1.05. The van der Waals surface area contributed by atoms with Gasteiger partial charge >= 0.3 is 10.1 Å². The maximum absolute atomic E-state index is 13.6. The molecule has 0 fully saturated rings. The molecule has 0 radical (unpaired) electrons. The molecule has 32 heavy (non-hydrogen) atoms. The largest absolute Gasteiger partial charge is 0.379 e. The zero-order valence-electron chi connectivity index (χ0n) is 17.7. The van der Waals surface area contributed by atoms with Crippen LogP contribution < -0.4 is 4.18 Å². The number of nitrogens with zero attached hydrogens (tertiary/aromatic N) is 1. The predicted molar refractivity (Wildman–Crippen MR) is 117 cm³/mol. The number of halogens is 2. The van der Waals surface area contributed by atoms with Crippen LogP contribution in [0.25, 0.3) is 0 Å². The Morgan fingerprint density at radius 1 is 0.938 bits per heavy atom. The molecule has 0 aliphatic heterocycles. The van der Waals surface area contributed by atoms with E-state index >= 15 is 0 Å². The highest BCUT2D eigenvalue weighted by molar-refractivity contribution is 7.87. The van der Waals surface area contributed by atoms with Crippen molar-refractivity contribution in [2.24, 2.45) is 5.92 Å². The minimum atomic E-state index is -4.10. The summed E-state index contributed by atoms with van der Waals surface area (Å²) in [5.41, 5.74) is 1.01. The molecule has 0 aromatic heterocycles. The van der Waals surface area contributed by atoms with Crippen LogP contribution in [0.15, 0.2) is 77.7 Å². The Bertz CT molecular complexity index is 1180. The molecular weight excluding hydrogens is 436 g/mol. The summed E-state index contributed by atoms with van der Waals surface area (Å²) in [6.45, 7) is 4.68. The van der Waals surface area contributed by atoms with E-state index in [1.807, 2.05) is 13.8 Å². The Morgan fingerprint density at radius 2 is 1.59 bits per heavy atom. The number of benzene rings is 3. The molecule has 0 aliphatic rings. The Kier molecular flexibility index (Phi) is 7.25. The van der Waals surface area contributed by atoms with E-state index in [1.54, 1.807) is 23.1 Å². The van der Waals surface area contributed by atoms with Crippen LogP contribution in [0.1, 0.15) is 29.8 Å². The van der Waals surface area contributed by atoms with E-state index in [0.29, 0.717) is 6.54 Å². The number of rotatable bonds is 8. The fourth-order valence-electron chi connectivity index (χ4n) is 3.11. The van der Waals surface area contributed by atoms with Crippen molar-refractivity contribution in [3.63, 3.8) is 0 Å². The molecule has 5 nitrogen and oxygen atoms in total. The third kappa shape index (κ3) is 6.13. The number of hydrogen-bond acceptors (Lipinski definition) is 4. The lowest BCUT2D eigenvalue weighted by Crippen LogP contribution is -2.33. The van der Waals surface area contributed by atoms with Gasteiger partial charge in [0.1, 0.15) is 22.3 Å². The van der Waals surface area contributed by atoms with E-state index in [2.05, 4.69) is 0 Å². The van der Waals surface area contributed by atoms with Crippen molar-refractivity contribution in [1.82, 2.24) is 4.90 Å². The van der Waals surface area contributed by atoms with Crippen LogP contribution in [0.5, 0.6) is 5.75 Å². The minimum Gasteiger partial charge on any atom is -0.379 e. The lowest BCUT2D eigenvalue weighted by atomic mass is 10.1. The average molecular weight is 460 g/mol. The molecule has 0 unspecified atom stereocenters. The third-order valence-electron chi connectivity index (χ3n) is 4.55. The fraction of sp³-hybridized carbons (Fsp3) is 0.208. The highest BCUT2D eigenvalue weighted by Crippen LogP contribution is 2.21. The van der Waals surface area contributed by atoms with Gasteiger partial charge in [0.2, 0.25) is 0 Å². The first kappa shape index (κ1) is 23.4. The Morgan fingerprint density at radius 3 is 2.19 bits per heavy atom. The molecule has 0 atom stereocenters. The van der Waals surface area contributed by atoms with Crippen LogP contribution in [-0.4, -0.2) is 25.8 Å². The van der Waals surface area contributed by atoms with Crippen LogP contribution in [0.4, 0.5) is 8.78 Å². The van der Waals surface area contributed by atoms with Gasteiger partial charge in [-0.1, -0.05) is 32.0 Å². The lowest BCUT2D eigenvalue weighted by molar-refractivity contribution is 0.0722. The quantitative estimate of drug-likeness (QED) is 0.443. The van der Waals surface area contributed by atoms with Crippen molar-refractivity contribution < 1.29 is 26.2 Å². The molecule has 0 N–H and O–H groups in total. The topological polar surface area (TPSA) is 63.7 Å². The molecule has 168 valence electrons. The highest BCUT2D eigenvalue weighted by Gasteiger charge is 2.19. The Balaban J connectivity index is 1.74. The van der Waals surface area contributed by atoms with Gasteiger partial charge in [-0.25, -0.2) is 8.78 Å². The summed E-state index contributed by atoms with van der Waals surface area (Å²) in [4.78, 5) is 14.4. The van der Waals surface area contributed by atoms with E-state index < -0.39 is 21.8 Å². The van der Waals surface area contributed by atoms with Crippen molar-refractivity contribution >= 4 is 16.0 Å². The van der Waals surface area contributed by atoms with Crippen molar-refractivity contribution in [2.75, 3.05) is 6.54 Å². The van der Waals surface area contributed by atoms with Gasteiger partial charge in [0.05, 0.1) is 0 Å². The second-order valence-electron chi connectivity index (χ2n) is 7.73. The SMILES string of the molecule is CC(C)CN(Cc1ccc(OS(=O)(=O)c2ccc(F)cc2)cc1)C(=O)c1cccc(F)c1. The van der Waals surface area contributed by atoms with Gasteiger partial charge in [-0.05, 0) is 66.1 Å². The zero-order valence-corrected chi connectivity index (χ0v) is 18.5. The smallest absolute Gasteiger partial charge is 0.339 e. The molecule has 0 spiro atoms. The van der Waals surface area contributed by atoms with E-state index in [-0.39, 0.29) is 34.6 Å². The summed E-state index contributed by atoms with van der Waals surface area (Å²) < 4.78 is 56.4. The van der Waals surface area contributed by atoms with Crippen LogP contribution >= 0.6 is 0 Å².